The number of aromatic amines is 2. The summed E-state index contributed by atoms with van der Waals surface area (Å²) in [6.07, 6.45) is -15.0. The summed E-state index contributed by atoms with van der Waals surface area (Å²) in [6, 6.07) is 36.7. The minimum Gasteiger partial charge on any atom is -0.481 e. The van der Waals surface area contributed by atoms with E-state index in [1.165, 1.54) is 48.5 Å². The van der Waals surface area contributed by atoms with Gasteiger partial charge >= 0.3 is 30.9 Å². The zero-order valence-corrected chi connectivity index (χ0v) is 55.7. The van der Waals surface area contributed by atoms with Gasteiger partial charge in [-0.15, -0.1) is 47.0 Å². The van der Waals surface area contributed by atoms with Crippen molar-refractivity contribution in [2.75, 3.05) is 36.1 Å². The number of benzene rings is 8. The van der Waals surface area contributed by atoms with Crippen molar-refractivity contribution in [3.63, 3.8) is 0 Å². The first-order valence-corrected chi connectivity index (χ1v) is 31.6. The van der Waals surface area contributed by atoms with E-state index < -0.39 is 70.6 Å². The van der Waals surface area contributed by atoms with Gasteiger partial charge in [-0.25, -0.2) is 0 Å². The van der Waals surface area contributed by atoms with Gasteiger partial charge in [0.15, 0.2) is 0 Å². The molecule has 0 unspecified atom stereocenters. The molecule has 0 saturated carbocycles. The van der Waals surface area contributed by atoms with Gasteiger partial charge in [-0.05, 0) is 167 Å². The third-order valence-corrected chi connectivity index (χ3v) is 15.7. The summed E-state index contributed by atoms with van der Waals surface area (Å²) in [5, 5.41) is 21.2. The molecule has 0 radical (unpaired) electrons. The van der Waals surface area contributed by atoms with Gasteiger partial charge in [0, 0.05) is 120 Å². The van der Waals surface area contributed by atoms with Crippen molar-refractivity contribution in [2.45, 2.75) is 99.9 Å². The molecule has 0 saturated heterocycles. The molecule has 0 bridgehead atoms. The topological polar surface area (TPSA) is 144 Å². The van der Waals surface area contributed by atoms with Crippen LogP contribution in [0.15, 0.2) is 165 Å². The maximum absolute atomic E-state index is 13.1. The molecule has 0 amide bonds. The fourth-order valence-corrected chi connectivity index (χ4v) is 11.3. The number of carboxylic acid groups (broad SMARTS) is 2. The fourth-order valence-electron chi connectivity index (χ4n) is 8.32. The smallest absolute Gasteiger partial charge is 0.417 e. The monoisotopic (exact) mass is 1530 g/mol. The molecule has 7 N–H and O–H groups in total. The van der Waals surface area contributed by atoms with E-state index in [0.29, 0.717) is 27.2 Å². The predicted octanol–water partition coefficient (Wildman–Crippen LogP) is 24.0. The van der Waals surface area contributed by atoms with Gasteiger partial charge in [-0.3, -0.25) is 9.59 Å². The zero-order chi connectivity index (χ0) is 69.4. The Morgan fingerprint density at radius 2 is 0.811 bits per heavy atom. The van der Waals surface area contributed by atoms with Crippen LogP contribution in [0.25, 0.3) is 43.6 Å². The molecular formula is C66H66ClF15N4O4PdS4. The molecule has 0 atom stereocenters. The Morgan fingerprint density at radius 1 is 0.432 bits per heavy atom. The van der Waals surface area contributed by atoms with Crippen molar-refractivity contribution in [1.82, 2.24) is 9.97 Å². The number of halogens is 16. The summed E-state index contributed by atoms with van der Waals surface area (Å²) in [5.41, 5.74) is 10.4. The second-order valence-electron chi connectivity index (χ2n) is 19.4. The van der Waals surface area contributed by atoms with Crippen molar-refractivity contribution in [2.24, 2.45) is 0 Å². The van der Waals surface area contributed by atoms with Gasteiger partial charge in [0.25, 0.3) is 11.9 Å². The van der Waals surface area contributed by atoms with Crippen LogP contribution in [-0.2, 0) is 60.9 Å². The predicted molar refractivity (Wildman–Crippen MR) is 357 cm³/mol. The number of nitrogen functional groups attached to an aromatic ring is 1. The second-order valence-corrected chi connectivity index (χ2v) is 23.2. The third kappa shape index (κ3) is 25.9. The van der Waals surface area contributed by atoms with Crippen LogP contribution >= 0.6 is 58.6 Å². The molecule has 0 aliphatic rings. The maximum atomic E-state index is 13.1. The van der Waals surface area contributed by atoms with E-state index in [1.807, 2.05) is 81.4 Å². The Balaban J connectivity index is 0.000000580. The largest absolute Gasteiger partial charge is 0.481 e. The normalized spacial score (nSPS) is 11.1. The molecule has 8 aromatic carbocycles. The number of aryl methyl sites for hydroxylation is 3. The van der Waals surface area contributed by atoms with E-state index in [0.717, 1.165) is 146 Å². The molecule has 95 heavy (non-hydrogen) atoms. The van der Waals surface area contributed by atoms with Gasteiger partial charge in [-0.2, -0.15) is 65.9 Å². The molecule has 0 aliphatic heterocycles. The number of aromatic nitrogens is 2. The van der Waals surface area contributed by atoms with Gasteiger partial charge in [-0.1, -0.05) is 67.4 Å². The minimum absolute atomic E-state index is 0. The molecule has 29 heteroatoms. The Morgan fingerprint density at radius 3 is 1.26 bits per heavy atom. The standard InChI is InChI=1S/2C15H12F3NS.C15H14F3NS.C8H6ClF3S.C7H6F3N.2C2H4O2.2CH4.Pd/c1-8-3-5-11-9(7-8)13-12(19-11)6-4-10(14(13)20-2)15(16,17)18;1-8-3-4-12-9(5-8)10-6-11(15(16,17)18)14(20-2)7-13(10)19-12;1-10-3-5-11(6-4-10)19-12-7-8-13(15(16,17)18)14(9-12)20-2;1-13-7-4-5(9)2-3-6(7)8(10,11)12;8-7(9,10)5-1-3-6(11)4-2-5;2*1-2(3)4;;;/h2*3-7,19H,1-2H3;3-9,19H,1-2H3;2-4H,1H3;1-4H,11H2;2*1H3,(H,3,4);2*1H4;. The van der Waals surface area contributed by atoms with Gasteiger partial charge < -0.3 is 31.2 Å². The third-order valence-electron chi connectivity index (χ3n) is 12.3. The summed E-state index contributed by atoms with van der Waals surface area (Å²) in [4.78, 5) is 25.3. The van der Waals surface area contributed by atoms with Crippen molar-refractivity contribution in [1.29, 1.82) is 0 Å². The van der Waals surface area contributed by atoms with Crippen molar-refractivity contribution >= 4 is 131 Å². The summed E-state index contributed by atoms with van der Waals surface area (Å²) in [6.45, 7) is 8.01. The number of nitrogens with two attached hydrogens (primary N) is 1. The van der Waals surface area contributed by atoms with Crippen LogP contribution in [0.4, 0.5) is 82.9 Å². The Hall–Kier alpha value is -6.80. The van der Waals surface area contributed by atoms with Crippen LogP contribution in [0.3, 0.4) is 0 Å². The van der Waals surface area contributed by atoms with Gasteiger partial charge in [0.1, 0.15) is 0 Å². The number of thioether (sulfide) groups is 4. The molecule has 2 heterocycles. The molecule has 0 spiro atoms. The number of alkyl halides is 15. The van der Waals surface area contributed by atoms with E-state index in [-0.39, 0.29) is 54.9 Å². The van der Waals surface area contributed by atoms with Crippen LogP contribution in [0.5, 0.6) is 0 Å². The number of hydrogen-bond acceptors (Lipinski definition) is 8. The summed E-state index contributed by atoms with van der Waals surface area (Å²) < 4.78 is 190. The second kappa shape index (κ2) is 37.1. The van der Waals surface area contributed by atoms with Gasteiger partial charge in [0.05, 0.1) is 27.8 Å². The average Bonchev–Trinajstić information content (AvgIpc) is 1.64. The van der Waals surface area contributed by atoms with Crippen LogP contribution in [0.2, 0.25) is 5.02 Å². The first-order valence-electron chi connectivity index (χ1n) is 26.3. The Kier molecular flexibility index (Phi) is 33.6. The molecule has 10 rings (SSSR count). The summed E-state index contributed by atoms with van der Waals surface area (Å²) in [5.74, 6) is -1.67. The molecular weight excluding hydrogens is 1470 g/mol. The number of aliphatic carboxylic acids is 2. The van der Waals surface area contributed by atoms with Crippen LogP contribution in [-0.4, -0.2) is 57.1 Å². The minimum atomic E-state index is -4.33. The number of carbonyl (C=O) groups is 2. The van der Waals surface area contributed by atoms with E-state index in [2.05, 4.69) is 15.3 Å². The number of H-pyrrole nitrogens is 2. The number of fused-ring (bicyclic) bond motifs is 6. The zero-order valence-electron chi connectivity index (χ0n) is 50.1. The van der Waals surface area contributed by atoms with Gasteiger partial charge in [0.2, 0.25) is 0 Å². The molecule has 10 aromatic rings. The van der Waals surface area contributed by atoms with E-state index >= 15 is 0 Å². The quantitative estimate of drug-likeness (QED) is 0.0412. The Labute approximate surface area is 574 Å². The average molecular weight is 1530 g/mol. The number of nitrogens with one attached hydrogen (secondary N) is 3. The van der Waals surface area contributed by atoms with Crippen molar-refractivity contribution in [3.05, 3.63) is 195 Å². The maximum Gasteiger partial charge on any atom is 0.417 e. The number of hydrogen-bond donors (Lipinski definition) is 6. The summed E-state index contributed by atoms with van der Waals surface area (Å²) >= 11 is 9.93. The number of anilines is 3. The van der Waals surface area contributed by atoms with E-state index in [9.17, 15) is 65.9 Å². The number of rotatable bonds is 6. The molecule has 8 nitrogen and oxygen atoms in total. The molecule has 0 aliphatic carbocycles. The van der Waals surface area contributed by atoms with E-state index in [4.69, 9.17) is 37.1 Å². The molecule has 2 aromatic heterocycles. The van der Waals surface area contributed by atoms with Crippen LogP contribution in [0, 0.1) is 20.8 Å². The first-order chi connectivity index (χ1) is 42.6. The number of carboxylic acids is 2. The Bertz CT molecular complexity index is 4090. The van der Waals surface area contributed by atoms with Crippen LogP contribution in [0.1, 0.15) is 73.2 Å². The SMILES string of the molecule is C.C.CC(=O)O.CC(=O)O.CSc1c(C(F)(F)F)ccc2[nH]c3ccc(C)cc3c12.CSc1cc(Cl)ccc1C(F)(F)F.CSc1cc(Nc2ccc(C)cc2)ccc1C(F)(F)F.CSc1cc2[nH]c3ccc(C)cc3c2cc1C(F)(F)F.Nc1ccc(C(F)(F)F)cc1.[Pd]. The van der Waals surface area contributed by atoms with Crippen molar-refractivity contribution < 1.29 is 106 Å². The first kappa shape index (κ1) is 86.2. The molecule has 0 fully saturated rings. The molecule has 520 valence electrons. The van der Waals surface area contributed by atoms with Crippen molar-refractivity contribution in [3.8, 4) is 0 Å². The summed E-state index contributed by atoms with van der Waals surface area (Å²) in [7, 11) is 0. The van der Waals surface area contributed by atoms with E-state index in [1.54, 1.807) is 31.1 Å². The fraction of sp³-hybridized carbons (Fsp3) is 0.242. The van der Waals surface area contributed by atoms with Crippen LogP contribution < -0.4 is 11.1 Å².